The fraction of sp³-hybridized carbons (Fsp3) is 0.0909. The van der Waals surface area contributed by atoms with E-state index in [-0.39, 0.29) is 23.8 Å². The molecule has 0 aliphatic carbocycles. The highest BCUT2D eigenvalue weighted by Gasteiger charge is 2.07. The van der Waals surface area contributed by atoms with E-state index in [9.17, 15) is 13.6 Å². The number of nitrogens with zero attached hydrogens (tertiary/aromatic N) is 1. The van der Waals surface area contributed by atoms with Crippen molar-refractivity contribution in [3.8, 4) is 17.9 Å². The maximum Gasteiger partial charge on any atom is 0.153 e. The summed E-state index contributed by atoms with van der Waals surface area (Å²) in [4.78, 5) is 10.3. The summed E-state index contributed by atoms with van der Waals surface area (Å²) in [7, 11) is 0. The van der Waals surface area contributed by atoms with E-state index >= 15 is 0 Å². The highest BCUT2D eigenvalue weighted by atomic mass is 19.1. The van der Waals surface area contributed by atoms with Crippen LogP contribution in [0.25, 0.3) is 0 Å². The molecule has 0 spiro atoms. The molecular weight excluding hydrogens is 200 g/mol. The summed E-state index contributed by atoms with van der Waals surface area (Å²) in [5, 5.41) is 8.18. The van der Waals surface area contributed by atoms with Gasteiger partial charge in [-0.25, -0.2) is 8.78 Å². The van der Waals surface area contributed by atoms with Crippen LogP contribution in [0.3, 0.4) is 0 Å². The van der Waals surface area contributed by atoms with Crippen LogP contribution in [-0.2, 0) is 0 Å². The van der Waals surface area contributed by atoms with Gasteiger partial charge in [-0.2, -0.15) is 5.26 Å². The number of rotatable bonds is 1. The van der Waals surface area contributed by atoms with Crippen LogP contribution >= 0.6 is 0 Å². The maximum absolute atomic E-state index is 13.1. The second-order valence-corrected chi connectivity index (χ2v) is 2.61. The van der Waals surface area contributed by atoms with Crippen molar-refractivity contribution < 1.29 is 13.6 Å². The van der Waals surface area contributed by atoms with E-state index in [1.54, 1.807) is 6.07 Å². The highest BCUT2D eigenvalue weighted by Crippen LogP contribution is 2.12. The van der Waals surface area contributed by atoms with E-state index in [2.05, 4.69) is 11.8 Å². The summed E-state index contributed by atoms with van der Waals surface area (Å²) in [6.07, 6.45) is 0.168. The summed E-state index contributed by atoms with van der Waals surface area (Å²) in [6, 6.07) is 3.36. The fourth-order valence-corrected chi connectivity index (χ4v) is 0.927. The van der Waals surface area contributed by atoms with Crippen molar-refractivity contribution in [2.45, 2.75) is 6.42 Å². The third kappa shape index (κ3) is 2.62. The molecule has 4 heteroatoms. The molecule has 0 heterocycles. The predicted octanol–water partition coefficient (Wildman–Crippen LogP) is 2.04. The molecule has 74 valence electrons. The summed E-state index contributed by atoms with van der Waals surface area (Å²) < 4.78 is 26.1. The Bertz CT molecular complexity index is 492. The molecule has 0 amide bonds. The number of carbonyl (C=O) groups excluding carboxylic acids is 1. The van der Waals surface area contributed by atoms with Crippen LogP contribution in [-0.4, -0.2) is 6.29 Å². The zero-order valence-corrected chi connectivity index (χ0v) is 7.55. The van der Waals surface area contributed by atoms with Gasteiger partial charge in [0.2, 0.25) is 0 Å². The molecular formula is C11H5F2NO. The lowest BCUT2D eigenvalue weighted by Gasteiger charge is -1.97. The summed E-state index contributed by atoms with van der Waals surface area (Å²) in [6.45, 7) is 0. The number of halogens is 2. The first-order valence-corrected chi connectivity index (χ1v) is 3.99. The Morgan fingerprint density at radius 1 is 1.33 bits per heavy atom. The van der Waals surface area contributed by atoms with Crippen LogP contribution in [0, 0.1) is 34.8 Å². The van der Waals surface area contributed by atoms with Crippen molar-refractivity contribution in [2.75, 3.05) is 0 Å². The van der Waals surface area contributed by atoms with Crippen molar-refractivity contribution in [3.05, 3.63) is 34.9 Å². The van der Waals surface area contributed by atoms with Gasteiger partial charge in [-0.05, 0) is 12.1 Å². The first kappa shape index (κ1) is 10.9. The van der Waals surface area contributed by atoms with E-state index in [1.165, 1.54) is 0 Å². The van der Waals surface area contributed by atoms with Gasteiger partial charge >= 0.3 is 0 Å². The average molecular weight is 205 g/mol. The molecule has 0 fully saturated rings. The minimum absolute atomic E-state index is 0.0590. The van der Waals surface area contributed by atoms with Gasteiger partial charge < -0.3 is 0 Å². The van der Waals surface area contributed by atoms with Gasteiger partial charge in [0.1, 0.15) is 11.6 Å². The van der Waals surface area contributed by atoms with Gasteiger partial charge in [0, 0.05) is 0 Å². The zero-order chi connectivity index (χ0) is 11.3. The topological polar surface area (TPSA) is 40.9 Å². The summed E-state index contributed by atoms with van der Waals surface area (Å²) in [5.41, 5.74) is -0.508. The molecule has 0 aliphatic rings. The SMILES string of the molecule is N#CCC#Cc1cc(F)c(C=O)cc1F. The van der Waals surface area contributed by atoms with E-state index in [0.717, 1.165) is 12.1 Å². The molecule has 1 aromatic carbocycles. The highest BCUT2D eigenvalue weighted by molar-refractivity contribution is 5.75. The fourth-order valence-electron chi connectivity index (χ4n) is 0.927. The molecule has 0 saturated carbocycles. The van der Waals surface area contributed by atoms with Gasteiger partial charge in [-0.3, -0.25) is 4.79 Å². The molecule has 1 rings (SSSR count). The molecule has 1 aromatic rings. The van der Waals surface area contributed by atoms with E-state index in [1.807, 2.05) is 0 Å². The Labute approximate surface area is 85.1 Å². The molecule has 15 heavy (non-hydrogen) atoms. The predicted molar refractivity (Wildman–Crippen MR) is 48.9 cm³/mol. The Morgan fingerprint density at radius 2 is 2.07 bits per heavy atom. The molecule has 0 bridgehead atoms. The van der Waals surface area contributed by atoms with Gasteiger partial charge in [0.25, 0.3) is 0 Å². The number of aldehydes is 1. The molecule has 0 saturated heterocycles. The maximum atomic E-state index is 13.1. The molecule has 0 atom stereocenters. The lowest BCUT2D eigenvalue weighted by Crippen LogP contribution is -1.93. The normalized spacial score (nSPS) is 8.60. The lowest BCUT2D eigenvalue weighted by molar-refractivity contribution is 0.111. The van der Waals surface area contributed by atoms with E-state index < -0.39 is 11.6 Å². The Balaban J connectivity index is 3.13. The minimum Gasteiger partial charge on any atom is -0.298 e. The largest absolute Gasteiger partial charge is 0.298 e. The molecule has 0 unspecified atom stereocenters. The van der Waals surface area contributed by atoms with Crippen molar-refractivity contribution in [1.29, 1.82) is 5.26 Å². The molecule has 0 N–H and O–H groups in total. The molecule has 0 radical (unpaired) electrons. The van der Waals surface area contributed by atoms with E-state index in [0.29, 0.717) is 0 Å². The van der Waals surface area contributed by atoms with E-state index in [4.69, 9.17) is 5.26 Å². The van der Waals surface area contributed by atoms with Gasteiger partial charge in [0.05, 0.1) is 23.6 Å². The number of hydrogen-bond donors (Lipinski definition) is 0. The summed E-state index contributed by atoms with van der Waals surface area (Å²) >= 11 is 0. The Hall–Kier alpha value is -2.20. The molecule has 2 nitrogen and oxygen atoms in total. The first-order valence-electron chi connectivity index (χ1n) is 3.99. The van der Waals surface area contributed by atoms with Crippen LogP contribution in [0.2, 0.25) is 0 Å². The number of hydrogen-bond acceptors (Lipinski definition) is 2. The van der Waals surface area contributed by atoms with Gasteiger partial charge in [-0.1, -0.05) is 11.8 Å². The lowest BCUT2D eigenvalue weighted by atomic mass is 10.1. The van der Waals surface area contributed by atoms with Crippen molar-refractivity contribution in [2.24, 2.45) is 0 Å². The van der Waals surface area contributed by atoms with Crippen LogP contribution in [0.1, 0.15) is 22.3 Å². The van der Waals surface area contributed by atoms with Crippen LogP contribution in [0.15, 0.2) is 12.1 Å². The second kappa shape index (κ2) is 4.88. The smallest absolute Gasteiger partial charge is 0.153 e. The standard InChI is InChI=1S/C11H5F2NO/c12-10-6-9(7-15)11(13)5-8(10)3-1-2-4-14/h5-7H,2H2. The Kier molecular flexibility index (Phi) is 3.54. The number of carbonyl (C=O) groups is 1. The number of benzene rings is 1. The average Bonchev–Trinajstić information content (AvgIpc) is 2.23. The minimum atomic E-state index is -0.826. The van der Waals surface area contributed by atoms with Crippen LogP contribution < -0.4 is 0 Å². The monoisotopic (exact) mass is 205 g/mol. The van der Waals surface area contributed by atoms with Gasteiger partial charge in [-0.15, -0.1) is 0 Å². The first-order chi connectivity index (χ1) is 7.19. The molecule has 0 aromatic heterocycles. The molecule has 0 aliphatic heterocycles. The van der Waals surface area contributed by atoms with Crippen LogP contribution in [0.5, 0.6) is 0 Å². The summed E-state index contributed by atoms with van der Waals surface area (Å²) in [5.74, 6) is 3.05. The van der Waals surface area contributed by atoms with Gasteiger partial charge in [0.15, 0.2) is 6.29 Å². The Morgan fingerprint density at radius 3 is 2.67 bits per heavy atom. The third-order valence-corrected chi connectivity index (χ3v) is 1.60. The van der Waals surface area contributed by atoms with Crippen molar-refractivity contribution in [1.82, 2.24) is 0 Å². The zero-order valence-electron chi connectivity index (χ0n) is 7.55. The second-order valence-electron chi connectivity index (χ2n) is 2.61. The van der Waals surface area contributed by atoms with Crippen LogP contribution in [0.4, 0.5) is 8.78 Å². The van der Waals surface area contributed by atoms with Crippen molar-refractivity contribution in [3.63, 3.8) is 0 Å². The third-order valence-electron chi connectivity index (χ3n) is 1.60. The number of nitriles is 1. The quantitative estimate of drug-likeness (QED) is 0.520. The van der Waals surface area contributed by atoms with Crippen molar-refractivity contribution >= 4 is 6.29 Å².